The summed E-state index contributed by atoms with van der Waals surface area (Å²) in [5.41, 5.74) is 3.88. The van der Waals surface area contributed by atoms with Gasteiger partial charge >= 0.3 is 0 Å². The van der Waals surface area contributed by atoms with E-state index in [1.165, 1.54) is 0 Å². The number of fused-ring (bicyclic) bond motifs is 1. The highest BCUT2D eigenvalue weighted by molar-refractivity contribution is 7.94. The van der Waals surface area contributed by atoms with E-state index in [1.54, 1.807) is 6.19 Å². The Kier molecular flexibility index (Phi) is 4.34. The Balaban J connectivity index is 1.70. The molecule has 2 fully saturated rings. The van der Waals surface area contributed by atoms with Crippen LogP contribution in [0.5, 0.6) is 0 Å². The summed E-state index contributed by atoms with van der Waals surface area (Å²) in [6.07, 6.45) is 3.86. The van der Waals surface area contributed by atoms with Crippen molar-refractivity contribution in [2.24, 2.45) is 4.36 Å². The van der Waals surface area contributed by atoms with E-state index < -0.39 is 9.73 Å². The van der Waals surface area contributed by atoms with Gasteiger partial charge in [-0.1, -0.05) is 18.2 Å². The molecule has 5 rings (SSSR count). The van der Waals surface area contributed by atoms with Crippen LogP contribution < -0.4 is 4.90 Å². The number of nitrogens with one attached hydrogen (secondary N) is 1. The van der Waals surface area contributed by atoms with Gasteiger partial charge in [-0.05, 0) is 49.6 Å². The number of para-hydroxylation sites is 1. The van der Waals surface area contributed by atoms with E-state index in [-0.39, 0.29) is 11.4 Å². The number of rotatable bonds is 4. The lowest BCUT2D eigenvalue weighted by Crippen LogP contribution is -2.22. The van der Waals surface area contributed by atoms with E-state index in [0.717, 1.165) is 53.7 Å². The first kappa shape index (κ1) is 18.2. The largest absolute Gasteiger partial charge is 0.391 e. The van der Waals surface area contributed by atoms with E-state index >= 15 is 0 Å². The average molecular weight is 407 g/mol. The maximum atomic E-state index is 13.5. The number of nitrogens with zero attached hydrogens (tertiary/aromatic N) is 3. The van der Waals surface area contributed by atoms with Gasteiger partial charge in [-0.3, -0.25) is 0 Å². The Morgan fingerprint density at radius 3 is 2.69 bits per heavy atom. The van der Waals surface area contributed by atoms with Crippen LogP contribution in [0.4, 0.5) is 5.69 Å². The van der Waals surface area contributed by atoms with E-state index in [4.69, 9.17) is 5.26 Å². The van der Waals surface area contributed by atoms with Crippen LogP contribution in [-0.4, -0.2) is 38.7 Å². The fourth-order valence-corrected chi connectivity index (χ4v) is 6.22. The number of aliphatic hydroxyl groups excluding tert-OH is 1. The Bertz CT molecular complexity index is 1210. The minimum Gasteiger partial charge on any atom is -0.391 e. The molecule has 2 N–H and O–H groups in total. The third kappa shape index (κ3) is 3.18. The van der Waals surface area contributed by atoms with Crippen molar-refractivity contribution in [3.8, 4) is 17.5 Å². The molecule has 1 aliphatic carbocycles. The molecule has 7 heteroatoms. The zero-order valence-corrected chi connectivity index (χ0v) is 16.7. The quantitative estimate of drug-likeness (QED) is 0.643. The van der Waals surface area contributed by atoms with Crippen molar-refractivity contribution in [1.82, 2.24) is 4.98 Å². The maximum Gasteiger partial charge on any atom is 0.214 e. The van der Waals surface area contributed by atoms with Crippen LogP contribution in [0.2, 0.25) is 0 Å². The fourth-order valence-electron chi connectivity index (χ4n) is 4.14. The Morgan fingerprint density at radius 2 is 2.00 bits per heavy atom. The van der Waals surface area contributed by atoms with Crippen LogP contribution in [-0.2, 0) is 9.73 Å². The molecule has 2 aromatic carbocycles. The van der Waals surface area contributed by atoms with Crippen molar-refractivity contribution >= 4 is 26.3 Å². The summed E-state index contributed by atoms with van der Waals surface area (Å²) in [5, 5.41) is 20.2. The summed E-state index contributed by atoms with van der Waals surface area (Å²) >= 11 is 0. The number of aliphatic hydroxyl groups is 1. The predicted octanol–water partition coefficient (Wildman–Crippen LogP) is 3.88. The molecule has 148 valence electrons. The van der Waals surface area contributed by atoms with E-state index in [9.17, 15) is 9.32 Å². The third-order valence-electron chi connectivity index (χ3n) is 5.78. The lowest BCUT2D eigenvalue weighted by atomic mass is 10.1. The molecule has 1 saturated heterocycles. The van der Waals surface area contributed by atoms with Gasteiger partial charge in [0.25, 0.3) is 0 Å². The number of aromatic amines is 1. The molecule has 2 heterocycles. The van der Waals surface area contributed by atoms with Gasteiger partial charge in [0.2, 0.25) is 6.19 Å². The third-order valence-corrected chi connectivity index (χ3v) is 8.44. The molecule has 1 saturated carbocycles. The number of benzene rings is 2. The van der Waals surface area contributed by atoms with Gasteiger partial charge < -0.3 is 15.0 Å². The van der Waals surface area contributed by atoms with Gasteiger partial charge in [0.1, 0.15) is 0 Å². The molecule has 0 bridgehead atoms. The van der Waals surface area contributed by atoms with Gasteiger partial charge in [-0.25, -0.2) is 4.21 Å². The first-order valence-electron chi connectivity index (χ1n) is 9.88. The van der Waals surface area contributed by atoms with Crippen molar-refractivity contribution in [2.75, 3.05) is 18.0 Å². The number of hydrogen-bond acceptors (Lipinski definition) is 5. The van der Waals surface area contributed by atoms with Crippen molar-refractivity contribution in [2.45, 2.75) is 35.5 Å². The zero-order chi connectivity index (χ0) is 20.0. The number of anilines is 1. The molecule has 1 aromatic heterocycles. The molecule has 3 aromatic rings. The van der Waals surface area contributed by atoms with Crippen molar-refractivity contribution in [3.63, 3.8) is 0 Å². The number of aromatic nitrogens is 1. The van der Waals surface area contributed by atoms with E-state index in [1.807, 2.05) is 36.4 Å². The predicted molar refractivity (Wildman–Crippen MR) is 114 cm³/mol. The highest BCUT2D eigenvalue weighted by atomic mass is 32.2. The Labute approximate surface area is 170 Å². The summed E-state index contributed by atoms with van der Waals surface area (Å²) in [5.74, 6) is 0. The molecule has 29 heavy (non-hydrogen) atoms. The number of H-pyrrole nitrogens is 1. The summed E-state index contributed by atoms with van der Waals surface area (Å²) < 4.78 is 17.4. The van der Waals surface area contributed by atoms with Crippen molar-refractivity contribution in [1.29, 1.82) is 5.26 Å². The summed E-state index contributed by atoms with van der Waals surface area (Å²) in [6, 6.07) is 15.9. The minimum atomic E-state index is -2.75. The van der Waals surface area contributed by atoms with Crippen molar-refractivity contribution in [3.05, 3.63) is 48.5 Å². The number of hydrogen-bond donors (Lipinski definition) is 2. The summed E-state index contributed by atoms with van der Waals surface area (Å²) in [6.45, 7) is 1.35. The second kappa shape index (κ2) is 6.90. The van der Waals surface area contributed by atoms with Crippen LogP contribution in [0, 0.1) is 11.5 Å². The first-order chi connectivity index (χ1) is 14.1. The second-order valence-electron chi connectivity index (χ2n) is 7.80. The van der Waals surface area contributed by atoms with E-state index in [2.05, 4.69) is 26.4 Å². The van der Waals surface area contributed by atoms with Gasteiger partial charge in [0.15, 0.2) is 0 Å². The molecule has 6 nitrogen and oxygen atoms in total. The lowest BCUT2D eigenvalue weighted by molar-refractivity contribution is 0.198. The smallest absolute Gasteiger partial charge is 0.214 e. The van der Waals surface area contributed by atoms with Gasteiger partial charge in [0.05, 0.1) is 15.8 Å². The normalized spacial score (nSPS) is 21.1. The summed E-state index contributed by atoms with van der Waals surface area (Å²) in [7, 11) is -2.75. The van der Waals surface area contributed by atoms with Crippen LogP contribution in [0.25, 0.3) is 22.2 Å². The molecule has 0 amide bonds. The molecule has 0 radical (unpaired) electrons. The standard InChI is InChI=1S/C22H22N4O2S/c23-14-24-29(28,17-5-6-17)18-7-8-22(26-10-9-16(27)13-26)19(12-18)21-11-15-3-1-2-4-20(15)25-21/h1-4,7-8,11-12,16-17,25,27H,5-6,9-10,13H2/t16-,29?/m0/s1. The highest BCUT2D eigenvalue weighted by Gasteiger charge is 2.36. The topological polar surface area (TPSA) is 92.5 Å². The first-order valence-corrected chi connectivity index (χ1v) is 11.5. The average Bonchev–Trinajstić information content (AvgIpc) is 3.37. The van der Waals surface area contributed by atoms with Gasteiger partial charge in [0, 0.05) is 51.1 Å². The van der Waals surface area contributed by atoms with Gasteiger partial charge in [-0.15, -0.1) is 4.36 Å². The second-order valence-corrected chi connectivity index (χ2v) is 10.3. The lowest BCUT2D eigenvalue weighted by Gasteiger charge is -2.22. The molecule has 2 aliphatic rings. The maximum absolute atomic E-state index is 13.5. The van der Waals surface area contributed by atoms with E-state index in [0.29, 0.717) is 11.4 Å². The molecule has 0 spiro atoms. The fraction of sp³-hybridized carbons (Fsp3) is 0.318. The highest BCUT2D eigenvalue weighted by Crippen LogP contribution is 2.40. The van der Waals surface area contributed by atoms with Crippen molar-refractivity contribution < 1.29 is 9.32 Å². The van der Waals surface area contributed by atoms with Crippen LogP contribution in [0.15, 0.2) is 57.8 Å². The Morgan fingerprint density at radius 1 is 1.17 bits per heavy atom. The molecule has 1 aliphatic heterocycles. The zero-order valence-electron chi connectivity index (χ0n) is 15.9. The van der Waals surface area contributed by atoms with Gasteiger partial charge in [-0.2, -0.15) is 5.26 Å². The van der Waals surface area contributed by atoms with Crippen LogP contribution in [0.1, 0.15) is 19.3 Å². The van der Waals surface area contributed by atoms with Crippen LogP contribution >= 0.6 is 0 Å². The molecular weight excluding hydrogens is 384 g/mol. The monoisotopic (exact) mass is 406 g/mol. The molecular formula is C22H22N4O2S. The molecule has 2 atom stereocenters. The number of β-amino-alcohol motifs (C(OH)–C–C–N with tert-alkyl or cyclic N) is 1. The van der Waals surface area contributed by atoms with Crippen LogP contribution in [0.3, 0.4) is 0 Å². The minimum absolute atomic E-state index is 0.0443. The molecule has 1 unspecified atom stereocenters. The number of nitriles is 1. The SMILES string of the molecule is N#CN=S(=O)(c1ccc(N2CC[C@H](O)C2)c(-c2cc3ccccc3[nH]2)c1)C1CC1. The Hall–Kier alpha value is -2.82. The summed E-state index contributed by atoms with van der Waals surface area (Å²) in [4.78, 5) is 6.24.